The van der Waals surface area contributed by atoms with E-state index in [-0.39, 0.29) is 5.76 Å². The van der Waals surface area contributed by atoms with Crippen LogP contribution in [0.4, 0.5) is 0 Å². The van der Waals surface area contributed by atoms with Crippen LogP contribution in [0.2, 0.25) is 0 Å². The van der Waals surface area contributed by atoms with Gasteiger partial charge in [-0.3, -0.25) is 4.79 Å². The molecule has 8 heteroatoms. The van der Waals surface area contributed by atoms with E-state index >= 15 is 0 Å². The number of ether oxygens (including phenoxy) is 1. The molecule has 26 heavy (non-hydrogen) atoms. The third-order valence-electron chi connectivity index (χ3n) is 3.34. The van der Waals surface area contributed by atoms with Crippen LogP contribution in [0, 0.1) is 0 Å². The molecule has 132 valence electrons. The van der Waals surface area contributed by atoms with E-state index < -0.39 is 18.5 Å². The van der Waals surface area contributed by atoms with Crippen molar-refractivity contribution in [1.82, 2.24) is 5.43 Å². The maximum absolute atomic E-state index is 12.1. The smallest absolute Gasteiger partial charge is 0.341 e. The summed E-state index contributed by atoms with van der Waals surface area (Å²) in [5.74, 6) is -0.952. The predicted octanol–water partition coefficient (Wildman–Crippen LogP) is 3.42. The van der Waals surface area contributed by atoms with Gasteiger partial charge in [0.15, 0.2) is 12.4 Å². The van der Waals surface area contributed by atoms with Gasteiger partial charge < -0.3 is 14.3 Å². The summed E-state index contributed by atoms with van der Waals surface area (Å²) < 4.78 is 11.1. The zero-order chi connectivity index (χ0) is 18.5. The monoisotopic (exact) mass is 416 g/mol. The number of hydrogen-bond donors (Lipinski definition) is 2. The highest BCUT2D eigenvalue weighted by molar-refractivity contribution is 9.10. The summed E-state index contributed by atoms with van der Waals surface area (Å²) in [5, 5.41) is 13.3. The van der Waals surface area contributed by atoms with Crippen LogP contribution in [0.1, 0.15) is 16.1 Å². The molecule has 0 bridgehead atoms. The standard InChI is InChI=1S/C18H13BrN2O5/c19-13-7-11(5-6-15(13)25-10-17(22)23)9-20-21-18(24)16-8-12-3-1-2-4-14(12)26-16/h1-9H,10H2,(H,21,24)(H,22,23). The molecule has 0 aliphatic rings. The van der Waals surface area contributed by atoms with Crippen molar-refractivity contribution in [2.24, 2.45) is 5.10 Å². The topological polar surface area (TPSA) is 101 Å². The Balaban J connectivity index is 1.63. The van der Waals surface area contributed by atoms with Gasteiger partial charge in [0.25, 0.3) is 0 Å². The van der Waals surface area contributed by atoms with E-state index in [0.717, 1.165) is 5.39 Å². The lowest BCUT2D eigenvalue weighted by molar-refractivity contribution is -0.139. The van der Waals surface area contributed by atoms with Gasteiger partial charge in [0, 0.05) is 5.39 Å². The van der Waals surface area contributed by atoms with Gasteiger partial charge in [-0.2, -0.15) is 5.10 Å². The van der Waals surface area contributed by atoms with E-state index in [9.17, 15) is 9.59 Å². The molecule has 0 saturated heterocycles. The molecular weight excluding hydrogens is 404 g/mol. The zero-order valence-electron chi connectivity index (χ0n) is 13.3. The van der Waals surface area contributed by atoms with Crippen molar-refractivity contribution in [3.05, 3.63) is 64.3 Å². The van der Waals surface area contributed by atoms with Crippen LogP contribution in [0.3, 0.4) is 0 Å². The van der Waals surface area contributed by atoms with E-state index in [1.54, 1.807) is 30.3 Å². The van der Waals surface area contributed by atoms with Crippen LogP contribution in [0.15, 0.2) is 62.5 Å². The summed E-state index contributed by atoms with van der Waals surface area (Å²) >= 11 is 3.29. The van der Waals surface area contributed by atoms with Crippen molar-refractivity contribution in [2.75, 3.05) is 6.61 Å². The molecule has 3 rings (SSSR count). The minimum atomic E-state index is -1.06. The molecule has 2 aromatic carbocycles. The Labute approximate surface area is 156 Å². The van der Waals surface area contributed by atoms with Crippen molar-refractivity contribution >= 4 is 45.0 Å². The largest absolute Gasteiger partial charge is 0.481 e. The fourth-order valence-corrected chi connectivity index (χ4v) is 2.68. The lowest BCUT2D eigenvalue weighted by Gasteiger charge is -2.06. The quantitative estimate of drug-likeness (QED) is 0.473. The highest BCUT2D eigenvalue weighted by Gasteiger charge is 2.11. The molecule has 0 radical (unpaired) electrons. The Bertz CT molecular complexity index is 963. The lowest BCUT2D eigenvalue weighted by atomic mass is 10.2. The van der Waals surface area contributed by atoms with Crippen molar-refractivity contribution in [1.29, 1.82) is 0 Å². The number of fused-ring (bicyclic) bond motifs is 1. The fraction of sp³-hybridized carbons (Fsp3) is 0.0556. The number of hydrazone groups is 1. The number of nitrogens with one attached hydrogen (secondary N) is 1. The first-order chi connectivity index (χ1) is 12.5. The predicted molar refractivity (Wildman–Crippen MR) is 98.5 cm³/mol. The summed E-state index contributed by atoms with van der Waals surface area (Å²) in [6.45, 7) is -0.431. The lowest BCUT2D eigenvalue weighted by Crippen LogP contribution is -2.16. The first kappa shape index (κ1) is 17.7. The highest BCUT2D eigenvalue weighted by atomic mass is 79.9. The molecule has 0 unspecified atom stereocenters. The van der Waals surface area contributed by atoms with Gasteiger partial charge in [0.05, 0.1) is 10.7 Å². The number of carbonyl (C=O) groups excluding carboxylic acids is 1. The Hall–Kier alpha value is -3.13. The summed E-state index contributed by atoms with van der Waals surface area (Å²) in [6, 6.07) is 13.9. The number of carboxylic acid groups (broad SMARTS) is 1. The fourth-order valence-electron chi connectivity index (χ4n) is 2.17. The second kappa shape index (κ2) is 7.83. The van der Waals surface area contributed by atoms with Gasteiger partial charge in [-0.05, 0) is 51.8 Å². The van der Waals surface area contributed by atoms with E-state index in [1.165, 1.54) is 6.21 Å². The van der Waals surface area contributed by atoms with Gasteiger partial charge in [-0.25, -0.2) is 10.2 Å². The third kappa shape index (κ3) is 4.28. The molecule has 1 aromatic heterocycles. The zero-order valence-corrected chi connectivity index (χ0v) is 14.9. The molecule has 0 aliphatic carbocycles. The number of hydrogen-bond acceptors (Lipinski definition) is 5. The van der Waals surface area contributed by atoms with Gasteiger partial charge in [0.2, 0.25) is 0 Å². The van der Waals surface area contributed by atoms with E-state index in [1.807, 2.05) is 18.2 Å². The first-order valence-electron chi connectivity index (χ1n) is 7.49. The molecular formula is C18H13BrN2O5. The van der Waals surface area contributed by atoms with Crippen LogP contribution in [0.25, 0.3) is 11.0 Å². The number of benzene rings is 2. The number of aliphatic carboxylic acids is 1. The van der Waals surface area contributed by atoms with Gasteiger partial charge >= 0.3 is 11.9 Å². The molecule has 2 N–H and O–H groups in total. The van der Waals surface area contributed by atoms with Crippen LogP contribution < -0.4 is 10.2 Å². The van der Waals surface area contributed by atoms with E-state index in [4.69, 9.17) is 14.3 Å². The van der Waals surface area contributed by atoms with Gasteiger partial charge in [-0.1, -0.05) is 18.2 Å². The number of nitrogens with zero attached hydrogens (tertiary/aromatic N) is 1. The number of carboxylic acids is 1. The van der Waals surface area contributed by atoms with E-state index in [0.29, 0.717) is 21.4 Å². The Kier molecular flexibility index (Phi) is 5.33. The summed E-state index contributed by atoms with van der Waals surface area (Å²) in [7, 11) is 0. The van der Waals surface area contributed by atoms with Gasteiger partial charge in [0.1, 0.15) is 11.3 Å². The summed E-state index contributed by atoms with van der Waals surface area (Å²) in [4.78, 5) is 22.6. The average molecular weight is 417 g/mol. The minimum absolute atomic E-state index is 0.168. The van der Waals surface area contributed by atoms with Gasteiger partial charge in [-0.15, -0.1) is 0 Å². The normalized spacial score (nSPS) is 11.0. The van der Waals surface area contributed by atoms with Crippen molar-refractivity contribution in [3.8, 4) is 5.75 Å². The maximum atomic E-state index is 12.1. The number of para-hydroxylation sites is 1. The number of halogens is 1. The van der Waals surface area contributed by atoms with Crippen molar-refractivity contribution in [3.63, 3.8) is 0 Å². The summed E-state index contributed by atoms with van der Waals surface area (Å²) in [5.41, 5.74) is 3.71. The third-order valence-corrected chi connectivity index (χ3v) is 3.96. The number of amides is 1. The Morgan fingerprint density at radius 3 is 2.77 bits per heavy atom. The maximum Gasteiger partial charge on any atom is 0.341 e. The Morgan fingerprint density at radius 2 is 2.04 bits per heavy atom. The van der Waals surface area contributed by atoms with Crippen molar-refractivity contribution < 1.29 is 23.8 Å². The second-order valence-corrected chi connectivity index (χ2v) is 6.07. The SMILES string of the molecule is O=C(O)COc1ccc(C=NNC(=O)c2cc3ccccc3o2)cc1Br. The van der Waals surface area contributed by atoms with Crippen molar-refractivity contribution in [2.45, 2.75) is 0 Å². The molecule has 0 atom stereocenters. The Morgan fingerprint density at radius 1 is 1.23 bits per heavy atom. The average Bonchev–Trinajstić information content (AvgIpc) is 3.05. The number of carbonyl (C=O) groups is 2. The molecule has 1 amide bonds. The molecule has 0 saturated carbocycles. The molecule has 0 aliphatic heterocycles. The molecule has 3 aromatic rings. The number of furan rings is 1. The first-order valence-corrected chi connectivity index (χ1v) is 8.28. The van der Waals surface area contributed by atoms with Crippen LogP contribution in [-0.2, 0) is 4.79 Å². The molecule has 1 heterocycles. The molecule has 7 nitrogen and oxygen atoms in total. The highest BCUT2D eigenvalue weighted by Crippen LogP contribution is 2.25. The van der Waals surface area contributed by atoms with Crippen LogP contribution in [0.5, 0.6) is 5.75 Å². The van der Waals surface area contributed by atoms with Crippen LogP contribution in [-0.4, -0.2) is 29.8 Å². The minimum Gasteiger partial charge on any atom is -0.481 e. The molecule has 0 spiro atoms. The number of rotatable bonds is 6. The van der Waals surface area contributed by atoms with E-state index in [2.05, 4.69) is 26.5 Å². The molecule has 0 fully saturated rings. The summed E-state index contributed by atoms with van der Waals surface area (Å²) in [6.07, 6.45) is 1.45. The van der Waals surface area contributed by atoms with Crippen LogP contribution >= 0.6 is 15.9 Å². The second-order valence-electron chi connectivity index (χ2n) is 5.22.